The molecule has 2 N–H and O–H groups in total. The van der Waals surface area contributed by atoms with Gasteiger partial charge in [0.15, 0.2) is 5.96 Å². The molecule has 0 radical (unpaired) electrons. The molecule has 0 bridgehead atoms. The molecule has 2 saturated heterocycles. The largest absolute Gasteiger partial charge is 0.466 e. The number of nitrogens with one attached hydrogen (secondary N) is 1. The van der Waals surface area contributed by atoms with Crippen molar-refractivity contribution in [2.24, 2.45) is 16.8 Å². The van der Waals surface area contributed by atoms with Crippen molar-refractivity contribution < 1.29 is 14.3 Å². The molecule has 0 aromatic carbocycles. The molecule has 1 aromatic rings. The van der Waals surface area contributed by atoms with Gasteiger partial charge in [-0.25, -0.2) is 4.99 Å². The lowest BCUT2D eigenvalue weighted by Crippen LogP contribution is -2.55. The van der Waals surface area contributed by atoms with Crippen LogP contribution in [-0.4, -0.2) is 90.6 Å². The van der Waals surface area contributed by atoms with E-state index in [1.165, 1.54) is 6.42 Å². The highest BCUT2D eigenvalue weighted by molar-refractivity contribution is 14.0. The number of amides is 1. The van der Waals surface area contributed by atoms with Gasteiger partial charge in [-0.05, 0) is 44.2 Å². The number of hydrogen-bond donors (Lipinski definition) is 2. The Labute approximate surface area is 209 Å². The molecule has 2 aliphatic heterocycles. The smallest absolute Gasteiger partial charge is 0.236 e. The standard InChI is InChI=1S/C23H39N5O3.HI/c1-5-24-22(25-17-23(4,30)20-7-6-12-31-20)27-10-8-26(9-11-27)16-21(29)28-14-18(2)13-19(3)15-28;/h6-7,12,18-19,30H,5,8-11,13-17H2,1-4H3,(H,24,25);1H. The third-order valence-electron chi connectivity index (χ3n) is 6.18. The number of aliphatic hydroxyl groups is 1. The van der Waals surface area contributed by atoms with E-state index in [2.05, 4.69) is 34.0 Å². The summed E-state index contributed by atoms with van der Waals surface area (Å²) in [5.41, 5.74) is -1.15. The molecular weight excluding hydrogens is 521 g/mol. The van der Waals surface area contributed by atoms with E-state index in [0.717, 1.165) is 51.8 Å². The van der Waals surface area contributed by atoms with E-state index in [0.29, 0.717) is 24.1 Å². The van der Waals surface area contributed by atoms with E-state index in [9.17, 15) is 9.90 Å². The van der Waals surface area contributed by atoms with Crippen LogP contribution in [0, 0.1) is 11.8 Å². The summed E-state index contributed by atoms with van der Waals surface area (Å²) >= 11 is 0. The minimum Gasteiger partial charge on any atom is -0.466 e. The average molecular weight is 562 g/mol. The van der Waals surface area contributed by atoms with Crippen molar-refractivity contribution in [1.29, 1.82) is 0 Å². The Kier molecular flexibility index (Phi) is 10.3. The summed E-state index contributed by atoms with van der Waals surface area (Å²) in [7, 11) is 0. The van der Waals surface area contributed by atoms with E-state index in [1.54, 1.807) is 25.3 Å². The van der Waals surface area contributed by atoms with Crippen LogP contribution in [-0.2, 0) is 10.4 Å². The molecule has 0 saturated carbocycles. The molecule has 32 heavy (non-hydrogen) atoms. The second-order valence-corrected chi connectivity index (χ2v) is 9.43. The minimum absolute atomic E-state index is 0. The molecule has 9 heteroatoms. The van der Waals surface area contributed by atoms with Gasteiger partial charge in [0.2, 0.25) is 5.91 Å². The number of piperazine rings is 1. The number of furan rings is 1. The number of guanidine groups is 1. The van der Waals surface area contributed by atoms with E-state index in [4.69, 9.17) is 4.42 Å². The molecule has 8 nitrogen and oxygen atoms in total. The van der Waals surface area contributed by atoms with E-state index in [-0.39, 0.29) is 36.4 Å². The summed E-state index contributed by atoms with van der Waals surface area (Å²) < 4.78 is 5.35. The molecule has 0 aliphatic carbocycles. The van der Waals surface area contributed by atoms with E-state index >= 15 is 0 Å². The topological polar surface area (TPSA) is 84.5 Å². The summed E-state index contributed by atoms with van der Waals surface area (Å²) in [6.45, 7) is 14.7. The number of halogens is 1. The zero-order chi connectivity index (χ0) is 22.4. The fourth-order valence-corrected chi connectivity index (χ4v) is 4.59. The third kappa shape index (κ3) is 7.34. The lowest BCUT2D eigenvalue weighted by atomic mass is 9.92. The monoisotopic (exact) mass is 561 g/mol. The number of carbonyl (C=O) groups excluding carboxylic acids is 1. The van der Waals surface area contributed by atoms with Gasteiger partial charge in [-0.2, -0.15) is 0 Å². The van der Waals surface area contributed by atoms with Gasteiger partial charge >= 0.3 is 0 Å². The van der Waals surface area contributed by atoms with Crippen molar-refractivity contribution in [3.63, 3.8) is 0 Å². The Hall–Kier alpha value is -1.33. The van der Waals surface area contributed by atoms with Crippen molar-refractivity contribution in [2.75, 3.05) is 58.9 Å². The predicted molar refractivity (Wildman–Crippen MR) is 137 cm³/mol. The van der Waals surface area contributed by atoms with Gasteiger partial charge in [-0.1, -0.05) is 13.8 Å². The lowest BCUT2D eigenvalue weighted by molar-refractivity contribution is -0.135. The second kappa shape index (κ2) is 12.2. The van der Waals surface area contributed by atoms with E-state index in [1.807, 2.05) is 11.8 Å². The van der Waals surface area contributed by atoms with Crippen molar-refractivity contribution in [1.82, 2.24) is 20.0 Å². The van der Waals surface area contributed by atoms with Crippen LogP contribution in [0.2, 0.25) is 0 Å². The van der Waals surface area contributed by atoms with Crippen molar-refractivity contribution in [3.05, 3.63) is 24.2 Å². The Morgan fingerprint density at radius 2 is 1.88 bits per heavy atom. The first-order valence-corrected chi connectivity index (χ1v) is 11.6. The van der Waals surface area contributed by atoms with Gasteiger partial charge in [-0.3, -0.25) is 9.69 Å². The number of likely N-dealkylation sites (tertiary alicyclic amines) is 1. The Bertz CT molecular complexity index is 722. The highest BCUT2D eigenvalue weighted by Crippen LogP contribution is 2.22. The summed E-state index contributed by atoms with van der Waals surface area (Å²) in [6, 6.07) is 3.53. The molecule has 182 valence electrons. The van der Waals surface area contributed by atoms with E-state index < -0.39 is 5.60 Å². The third-order valence-corrected chi connectivity index (χ3v) is 6.18. The fraction of sp³-hybridized carbons (Fsp3) is 0.739. The van der Waals surface area contributed by atoms with Crippen molar-refractivity contribution in [2.45, 2.75) is 39.7 Å². The summed E-state index contributed by atoms with van der Waals surface area (Å²) in [4.78, 5) is 24.0. The van der Waals surface area contributed by atoms with Crippen LogP contribution < -0.4 is 5.32 Å². The normalized spacial score (nSPS) is 24.6. The Morgan fingerprint density at radius 3 is 2.44 bits per heavy atom. The van der Waals surface area contributed by atoms with Crippen LogP contribution in [0.15, 0.2) is 27.8 Å². The molecule has 0 spiro atoms. The highest BCUT2D eigenvalue weighted by atomic mass is 127. The zero-order valence-corrected chi connectivity index (χ0v) is 22.2. The quantitative estimate of drug-likeness (QED) is 0.315. The van der Waals surface area contributed by atoms with Gasteiger partial charge in [0.1, 0.15) is 11.4 Å². The predicted octanol–water partition coefficient (Wildman–Crippen LogP) is 2.19. The summed E-state index contributed by atoms with van der Waals surface area (Å²) in [5.74, 6) is 2.72. The number of hydrogen-bond acceptors (Lipinski definition) is 5. The van der Waals surface area contributed by atoms with Gasteiger partial charge in [0, 0.05) is 45.8 Å². The first-order chi connectivity index (χ1) is 14.8. The van der Waals surface area contributed by atoms with Crippen LogP contribution in [0.1, 0.15) is 39.9 Å². The van der Waals surface area contributed by atoms with Gasteiger partial charge in [-0.15, -0.1) is 24.0 Å². The van der Waals surface area contributed by atoms with Gasteiger partial charge in [0.25, 0.3) is 0 Å². The van der Waals surface area contributed by atoms with Crippen LogP contribution in [0.4, 0.5) is 0 Å². The fourth-order valence-electron chi connectivity index (χ4n) is 4.59. The molecule has 3 unspecified atom stereocenters. The molecule has 2 fully saturated rings. The van der Waals surface area contributed by atoms with Crippen LogP contribution in [0.25, 0.3) is 0 Å². The van der Waals surface area contributed by atoms with Gasteiger partial charge < -0.3 is 24.6 Å². The van der Waals surface area contributed by atoms with Crippen molar-refractivity contribution >= 4 is 35.8 Å². The first-order valence-electron chi connectivity index (χ1n) is 11.6. The molecule has 1 amide bonds. The Morgan fingerprint density at radius 1 is 1.22 bits per heavy atom. The maximum absolute atomic E-state index is 12.8. The molecule has 1 aromatic heterocycles. The average Bonchev–Trinajstić information content (AvgIpc) is 3.27. The molecular formula is C23H40IN5O3. The maximum Gasteiger partial charge on any atom is 0.236 e. The minimum atomic E-state index is -1.15. The first kappa shape index (κ1) is 26.9. The summed E-state index contributed by atoms with van der Waals surface area (Å²) in [6.07, 6.45) is 2.77. The maximum atomic E-state index is 12.8. The van der Waals surface area contributed by atoms with Crippen LogP contribution >= 0.6 is 24.0 Å². The highest BCUT2D eigenvalue weighted by Gasteiger charge is 2.29. The van der Waals surface area contributed by atoms with Crippen molar-refractivity contribution in [3.8, 4) is 0 Å². The Balaban J connectivity index is 0.00000363. The number of carbonyl (C=O) groups is 1. The number of rotatable bonds is 6. The number of nitrogens with zero attached hydrogens (tertiary/aromatic N) is 4. The molecule has 3 atom stereocenters. The number of piperidine rings is 1. The number of aliphatic imine (C=N–C) groups is 1. The molecule has 3 rings (SSSR count). The van der Waals surface area contributed by atoms with Crippen LogP contribution in [0.5, 0.6) is 0 Å². The van der Waals surface area contributed by atoms with Crippen LogP contribution in [0.3, 0.4) is 0 Å². The lowest BCUT2D eigenvalue weighted by Gasteiger charge is -2.39. The zero-order valence-electron chi connectivity index (χ0n) is 19.9. The van der Waals surface area contributed by atoms with Gasteiger partial charge in [0.05, 0.1) is 19.4 Å². The SMILES string of the molecule is CCNC(=NCC(C)(O)c1ccco1)N1CCN(CC(=O)N2CC(C)CC(C)C2)CC1.I. The molecule has 3 heterocycles. The summed E-state index contributed by atoms with van der Waals surface area (Å²) in [5, 5.41) is 14.0. The molecule has 2 aliphatic rings. The second-order valence-electron chi connectivity index (χ2n) is 9.43.